The fourth-order valence-corrected chi connectivity index (χ4v) is 4.08. The molecule has 3 aromatic rings. The van der Waals surface area contributed by atoms with Crippen molar-refractivity contribution in [2.75, 3.05) is 13.3 Å². The van der Waals surface area contributed by atoms with E-state index < -0.39 is 0 Å². The van der Waals surface area contributed by atoms with Gasteiger partial charge in [0.2, 0.25) is 6.79 Å². The van der Waals surface area contributed by atoms with Crippen LogP contribution in [0.3, 0.4) is 0 Å². The maximum atomic E-state index is 12.4. The first-order chi connectivity index (χ1) is 15.2. The van der Waals surface area contributed by atoms with Gasteiger partial charge in [0.05, 0.1) is 17.7 Å². The van der Waals surface area contributed by atoms with Crippen LogP contribution >= 0.6 is 0 Å². The number of fused-ring (bicyclic) bond motifs is 1. The first kappa shape index (κ1) is 19.3. The number of benzene rings is 1. The summed E-state index contributed by atoms with van der Waals surface area (Å²) in [5.41, 5.74) is 2.59. The van der Waals surface area contributed by atoms with E-state index in [0.29, 0.717) is 41.9 Å². The van der Waals surface area contributed by atoms with Gasteiger partial charge in [-0.1, -0.05) is 12.8 Å². The summed E-state index contributed by atoms with van der Waals surface area (Å²) in [5.74, 6) is 1.47. The highest BCUT2D eigenvalue weighted by atomic mass is 16.7. The Bertz CT molecular complexity index is 1160. The van der Waals surface area contributed by atoms with Crippen LogP contribution in [0, 0.1) is 0 Å². The average Bonchev–Trinajstić information content (AvgIpc) is 3.55. The van der Waals surface area contributed by atoms with Gasteiger partial charge in [-0.15, -0.1) is 0 Å². The topological polar surface area (TPSA) is 111 Å². The van der Waals surface area contributed by atoms with Gasteiger partial charge in [0.1, 0.15) is 5.69 Å². The largest absolute Gasteiger partial charge is 0.454 e. The number of hydrogen-bond donors (Lipinski definition) is 2. The van der Waals surface area contributed by atoms with Gasteiger partial charge < -0.3 is 14.8 Å². The van der Waals surface area contributed by atoms with Crippen molar-refractivity contribution in [1.29, 1.82) is 0 Å². The molecule has 0 radical (unpaired) electrons. The van der Waals surface area contributed by atoms with Crippen molar-refractivity contribution >= 4 is 5.91 Å². The summed E-state index contributed by atoms with van der Waals surface area (Å²) in [4.78, 5) is 29.3. The third-order valence-electron chi connectivity index (χ3n) is 5.80. The van der Waals surface area contributed by atoms with Gasteiger partial charge in [-0.2, -0.15) is 5.10 Å². The average molecular weight is 421 g/mol. The number of amides is 1. The van der Waals surface area contributed by atoms with Gasteiger partial charge in [-0.05, 0) is 37.1 Å². The Morgan fingerprint density at radius 3 is 2.84 bits per heavy atom. The number of rotatable bonds is 6. The van der Waals surface area contributed by atoms with Crippen molar-refractivity contribution < 1.29 is 14.3 Å². The molecule has 0 bridgehead atoms. The molecule has 0 spiro atoms. The number of nitrogens with one attached hydrogen (secondary N) is 2. The Labute approximate surface area is 178 Å². The molecule has 1 amide bonds. The number of hydrogen-bond acceptors (Lipinski definition) is 6. The minimum absolute atomic E-state index is 0.0854. The first-order valence-corrected chi connectivity index (χ1v) is 10.5. The lowest BCUT2D eigenvalue weighted by atomic mass is 10.0. The molecule has 2 aliphatic rings. The minimum atomic E-state index is -0.289. The molecule has 1 aromatic carbocycles. The van der Waals surface area contributed by atoms with E-state index in [-0.39, 0.29) is 18.3 Å². The summed E-state index contributed by atoms with van der Waals surface area (Å²) in [6.45, 7) is 0.863. The van der Waals surface area contributed by atoms with Gasteiger partial charge in [0.15, 0.2) is 11.5 Å². The van der Waals surface area contributed by atoms with Gasteiger partial charge in [0, 0.05) is 30.6 Å². The molecule has 31 heavy (non-hydrogen) atoms. The number of ether oxygens (including phenoxy) is 2. The lowest BCUT2D eigenvalue weighted by Gasteiger charge is -2.10. The zero-order valence-corrected chi connectivity index (χ0v) is 17.0. The first-order valence-electron chi connectivity index (χ1n) is 10.5. The normalized spacial score (nSPS) is 15.4. The molecule has 2 aromatic heterocycles. The number of carbonyl (C=O) groups excluding carboxylic acids is 1. The Morgan fingerprint density at radius 2 is 2.00 bits per heavy atom. The van der Waals surface area contributed by atoms with Crippen molar-refractivity contribution in [3.8, 4) is 22.8 Å². The highest BCUT2D eigenvalue weighted by molar-refractivity contribution is 5.93. The second kappa shape index (κ2) is 8.25. The number of aromatic amines is 1. The van der Waals surface area contributed by atoms with E-state index in [9.17, 15) is 9.59 Å². The van der Waals surface area contributed by atoms with E-state index in [1.54, 1.807) is 18.5 Å². The van der Waals surface area contributed by atoms with Crippen LogP contribution in [0.5, 0.6) is 11.5 Å². The summed E-state index contributed by atoms with van der Waals surface area (Å²) < 4.78 is 12.2. The van der Waals surface area contributed by atoms with Crippen molar-refractivity contribution in [2.45, 2.75) is 38.1 Å². The van der Waals surface area contributed by atoms with Crippen LogP contribution in [0.25, 0.3) is 11.3 Å². The Hall–Kier alpha value is -3.62. The number of carbonyl (C=O) groups is 1. The van der Waals surface area contributed by atoms with Crippen LogP contribution < -0.4 is 20.3 Å². The maximum absolute atomic E-state index is 12.4. The molecule has 9 nitrogen and oxygen atoms in total. The molecule has 1 fully saturated rings. The molecule has 160 valence electrons. The van der Waals surface area contributed by atoms with Crippen LogP contribution in [-0.4, -0.2) is 39.0 Å². The summed E-state index contributed by atoms with van der Waals surface area (Å²) in [7, 11) is 0. The predicted molar refractivity (Wildman–Crippen MR) is 112 cm³/mol. The van der Waals surface area contributed by atoms with Gasteiger partial charge >= 0.3 is 0 Å². The fraction of sp³-hybridized carbons (Fsp3) is 0.364. The zero-order valence-electron chi connectivity index (χ0n) is 17.0. The third-order valence-corrected chi connectivity index (χ3v) is 5.80. The molecule has 1 aliphatic carbocycles. The highest BCUT2D eigenvalue weighted by Gasteiger charge is 2.19. The van der Waals surface area contributed by atoms with Gasteiger partial charge in [-0.3, -0.25) is 19.3 Å². The summed E-state index contributed by atoms with van der Waals surface area (Å²) in [6, 6.07) is 8.81. The molecule has 5 rings (SSSR count). The SMILES string of the molecule is O=C(NCCn1cnc(C2CCCC2)cc1=O)c1cc(-c2ccc3c(c2)OCO3)n[nH]1. The van der Waals surface area contributed by atoms with E-state index in [1.165, 1.54) is 17.4 Å². The predicted octanol–water partition coefficient (Wildman–Crippen LogP) is 2.45. The zero-order chi connectivity index (χ0) is 21.2. The third kappa shape index (κ3) is 4.03. The molecular formula is C22H23N5O4. The number of nitrogens with zero attached hydrogens (tertiary/aromatic N) is 3. The quantitative estimate of drug-likeness (QED) is 0.632. The van der Waals surface area contributed by atoms with E-state index in [4.69, 9.17) is 9.47 Å². The van der Waals surface area contributed by atoms with Crippen LogP contribution in [-0.2, 0) is 6.54 Å². The molecule has 0 unspecified atom stereocenters. The van der Waals surface area contributed by atoms with Crippen LogP contribution in [0.4, 0.5) is 0 Å². The van der Waals surface area contributed by atoms with E-state index in [0.717, 1.165) is 24.1 Å². The van der Waals surface area contributed by atoms with Gasteiger partial charge in [-0.25, -0.2) is 4.98 Å². The second-order valence-electron chi connectivity index (χ2n) is 7.82. The summed E-state index contributed by atoms with van der Waals surface area (Å²) >= 11 is 0. The Kier molecular flexibility index (Phi) is 5.15. The highest BCUT2D eigenvalue weighted by Crippen LogP contribution is 2.35. The summed E-state index contributed by atoms with van der Waals surface area (Å²) in [6.07, 6.45) is 6.18. The molecule has 2 N–H and O–H groups in total. The fourth-order valence-electron chi connectivity index (χ4n) is 4.08. The van der Waals surface area contributed by atoms with Crippen LogP contribution in [0.1, 0.15) is 47.8 Å². The van der Waals surface area contributed by atoms with Crippen LogP contribution in [0.15, 0.2) is 41.5 Å². The van der Waals surface area contributed by atoms with Crippen molar-refractivity contribution in [1.82, 2.24) is 25.1 Å². The standard InChI is InChI=1S/C22H23N5O4/c28-21-11-16(14-3-1-2-4-14)24-12-27(21)8-7-23-22(29)18-10-17(25-26-18)15-5-6-19-20(9-15)31-13-30-19/h5-6,9-12,14H,1-4,7-8,13H2,(H,23,29)(H,25,26). The smallest absolute Gasteiger partial charge is 0.269 e. The van der Waals surface area contributed by atoms with E-state index in [2.05, 4.69) is 20.5 Å². The number of aromatic nitrogens is 4. The molecule has 1 saturated carbocycles. The van der Waals surface area contributed by atoms with Crippen LogP contribution in [0.2, 0.25) is 0 Å². The molecule has 3 heterocycles. The Balaban J connectivity index is 1.18. The summed E-state index contributed by atoms with van der Waals surface area (Å²) in [5, 5.41) is 9.78. The van der Waals surface area contributed by atoms with Gasteiger partial charge in [0.25, 0.3) is 11.5 Å². The minimum Gasteiger partial charge on any atom is -0.454 e. The molecule has 0 atom stereocenters. The monoisotopic (exact) mass is 421 g/mol. The second-order valence-corrected chi connectivity index (χ2v) is 7.82. The van der Waals surface area contributed by atoms with E-state index in [1.807, 2.05) is 18.2 Å². The van der Waals surface area contributed by atoms with E-state index >= 15 is 0 Å². The van der Waals surface area contributed by atoms with Crippen molar-refractivity contribution in [3.63, 3.8) is 0 Å². The Morgan fingerprint density at radius 1 is 1.16 bits per heavy atom. The van der Waals surface area contributed by atoms with Crippen molar-refractivity contribution in [3.05, 3.63) is 58.4 Å². The molecular weight excluding hydrogens is 398 g/mol. The molecule has 0 saturated heterocycles. The number of H-pyrrole nitrogens is 1. The molecule has 1 aliphatic heterocycles. The maximum Gasteiger partial charge on any atom is 0.269 e. The lowest BCUT2D eigenvalue weighted by molar-refractivity contribution is 0.0947. The molecule has 9 heteroatoms. The van der Waals surface area contributed by atoms with Crippen molar-refractivity contribution in [2.24, 2.45) is 0 Å². The lowest BCUT2D eigenvalue weighted by Crippen LogP contribution is -2.31.